The molecule has 0 aromatic carbocycles. The minimum Gasteiger partial charge on any atom is -1.00 e. The van der Waals surface area contributed by atoms with Gasteiger partial charge in [0, 0.05) is 18.3 Å². The highest BCUT2D eigenvalue weighted by atomic mass is 127. The van der Waals surface area contributed by atoms with Crippen molar-refractivity contribution in [3.8, 4) is 11.4 Å². The van der Waals surface area contributed by atoms with E-state index in [1.54, 1.807) is 0 Å². The van der Waals surface area contributed by atoms with Crippen molar-refractivity contribution >= 4 is 24.0 Å². The van der Waals surface area contributed by atoms with Crippen molar-refractivity contribution in [3.05, 3.63) is 48.8 Å². The molecule has 0 spiro atoms. The van der Waals surface area contributed by atoms with Gasteiger partial charge in [-0.15, -0.1) is 24.0 Å². The Hall–Kier alpha value is -0.240. The van der Waals surface area contributed by atoms with Crippen LogP contribution in [-0.2, 0) is 7.05 Å². The van der Waals surface area contributed by atoms with Crippen molar-refractivity contribution in [2.45, 2.75) is 0 Å². The largest absolute Gasteiger partial charge is 1.00 e. The van der Waals surface area contributed by atoms with Gasteiger partial charge in [-0.05, 0) is 18.2 Å². The number of hydrogen-bond donors (Lipinski definition) is 0. The number of hydrogen-bond acceptors (Lipinski definition) is 1. The van der Waals surface area contributed by atoms with E-state index in [9.17, 15) is 0 Å². The van der Waals surface area contributed by atoms with Crippen LogP contribution in [0.3, 0.4) is 0 Å². The normalized spacial score (nSPS) is 8.60. The molecule has 0 unspecified atom stereocenters. The number of pyridine rings is 2. The molecule has 0 aliphatic rings. The summed E-state index contributed by atoms with van der Waals surface area (Å²) in [5.74, 6) is 0. The molecular weight excluding hydrogens is 414 g/mol. The lowest BCUT2D eigenvalue weighted by molar-refractivity contribution is -0.660. The van der Waals surface area contributed by atoms with E-state index in [4.69, 9.17) is 0 Å². The number of aromatic nitrogens is 2. The van der Waals surface area contributed by atoms with Gasteiger partial charge in [-0.25, -0.2) is 4.98 Å². The Morgan fingerprint density at radius 3 is 2.40 bits per heavy atom. The van der Waals surface area contributed by atoms with E-state index in [1.165, 1.54) is 0 Å². The third-order valence-electron chi connectivity index (χ3n) is 1.98. The summed E-state index contributed by atoms with van der Waals surface area (Å²) in [6, 6.07) is 12.0. The Morgan fingerprint density at radius 2 is 1.80 bits per heavy atom. The average Bonchev–Trinajstić information content (AvgIpc) is 2.20. The molecule has 2 rings (SSSR count). The third-order valence-corrected chi connectivity index (χ3v) is 1.98. The fourth-order valence-electron chi connectivity index (χ4n) is 1.30. The van der Waals surface area contributed by atoms with Gasteiger partial charge in [-0.2, -0.15) is 4.57 Å². The van der Waals surface area contributed by atoms with Crippen LogP contribution in [0, 0.1) is 0 Å². The van der Waals surface area contributed by atoms with Gasteiger partial charge in [0.1, 0.15) is 12.7 Å². The Morgan fingerprint density at radius 1 is 1.07 bits per heavy atom. The van der Waals surface area contributed by atoms with Gasteiger partial charge in [0.15, 0.2) is 6.20 Å². The second kappa shape index (κ2) is 7.10. The fraction of sp³-hybridized carbons (Fsp3) is 0.0909. The van der Waals surface area contributed by atoms with Gasteiger partial charge in [0.25, 0.3) is 0 Å². The smallest absolute Gasteiger partial charge is 0.230 e. The number of rotatable bonds is 1. The molecule has 2 nitrogen and oxygen atoms in total. The third kappa shape index (κ3) is 3.67. The molecule has 0 saturated heterocycles. The van der Waals surface area contributed by atoms with Crippen molar-refractivity contribution in [1.82, 2.24) is 4.98 Å². The van der Waals surface area contributed by atoms with E-state index >= 15 is 0 Å². The van der Waals surface area contributed by atoms with Crippen molar-refractivity contribution < 1.29 is 28.5 Å². The highest BCUT2D eigenvalue weighted by Gasteiger charge is 2.07. The molecular formula is C11H12I2N2. The topological polar surface area (TPSA) is 16.8 Å². The molecule has 15 heavy (non-hydrogen) atoms. The number of aryl methyl sites for hydroxylation is 1. The van der Waals surface area contributed by atoms with Gasteiger partial charge in [-0.1, -0.05) is 6.07 Å². The minimum atomic E-state index is 0. The molecule has 0 radical (unpaired) electrons. The summed E-state index contributed by atoms with van der Waals surface area (Å²) < 4.78 is 2.06. The highest BCUT2D eigenvalue weighted by molar-refractivity contribution is 14.0. The molecule has 0 N–H and O–H groups in total. The Bertz CT molecular complexity index is 404. The Balaban J connectivity index is 0.000000980. The lowest BCUT2D eigenvalue weighted by atomic mass is 10.2. The maximum Gasteiger partial charge on any atom is 0.230 e. The van der Waals surface area contributed by atoms with Crippen LogP contribution in [0.2, 0.25) is 0 Å². The van der Waals surface area contributed by atoms with Crippen LogP contribution >= 0.6 is 24.0 Å². The highest BCUT2D eigenvalue weighted by Crippen LogP contribution is 2.09. The summed E-state index contributed by atoms with van der Waals surface area (Å²) in [5, 5.41) is 0. The first-order valence-corrected chi connectivity index (χ1v) is 4.24. The van der Waals surface area contributed by atoms with Gasteiger partial charge < -0.3 is 24.0 Å². The van der Waals surface area contributed by atoms with E-state index in [1.807, 2.05) is 49.8 Å². The maximum absolute atomic E-state index is 4.29. The van der Waals surface area contributed by atoms with Crippen LogP contribution in [0.1, 0.15) is 0 Å². The molecule has 80 valence electrons. The van der Waals surface area contributed by atoms with Crippen LogP contribution < -0.4 is 28.5 Å². The summed E-state index contributed by atoms with van der Waals surface area (Å²) in [6.07, 6.45) is 3.83. The van der Waals surface area contributed by atoms with Crippen LogP contribution in [0.25, 0.3) is 11.4 Å². The zero-order chi connectivity index (χ0) is 9.10. The molecule has 0 aliphatic carbocycles. The lowest BCUT2D eigenvalue weighted by Gasteiger charge is -1.96. The summed E-state index contributed by atoms with van der Waals surface area (Å²) in [6.45, 7) is 0. The molecule has 2 aromatic rings. The second-order valence-electron chi connectivity index (χ2n) is 2.91. The fourth-order valence-corrected chi connectivity index (χ4v) is 1.30. The summed E-state index contributed by atoms with van der Waals surface area (Å²) in [7, 11) is 2.02. The van der Waals surface area contributed by atoms with Crippen LogP contribution in [0.15, 0.2) is 48.8 Å². The summed E-state index contributed by atoms with van der Waals surface area (Å²) in [5.41, 5.74) is 2.13. The molecule has 0 aliphatic heterocycles. The van der Waals surface area contributed by atoms with Gasteiger partial charge in [0.05, 0.1) is 0 Å². The second-order valence-corrected chi connectivity index (χ2v) is 2.91. The monoisotopic (exact) mass is 426 g/mol. The van der Waals surface area contributed by atoms with Crippen molar-refractivity contribution in [1.29, 1.82) is 0 Å². The molecule has 2 aromatic heterocycles. The predicted octanol–water partition coefficient (Wildman–Crippen LogP) is -0.805. The first-order chi connectivity index (χ1) is 6.38. The summed E-state index contributed by atoms with van der Waals surface area (Å²) in [4.78, 5) is 4.29. The van der Waals surface area contributed by atoms with Crippen LogP contribution in [-0.4, -0.2) is 4.98 Å². The van der Waals surface area contributed by atoms with Gasteiger partial charge in [-0.3, -0.25) is 0 Å². The molecule has 0 bridgehead atoms. The van der Waals surface area contributed by atoms with E-state index in [0.717, 1.165) is 11.4 Å². The molecule has 0 saturated carbocycles. The molecule has 2 heterocycles. The van der Waals surface area contributed by atoms with Gasteiger partial charge >= 0.3 is 0 Å². The van der Waals surface area contributed by atoms with Gasteiger partial charge in [0.2, 0.25) is 5.69 Å². The molecule has 0 atom stereocenters. The summed E-state index contributed by atoms with van der Waals surface area (Å²) >= 11 is 0. The van der Waals surface area contributed by atoms with E-state index < -0.39 is 0 Å². The predicted molar refractivity (Wildman–Crippen MR) is 66.3 cm³/mol. The first kappa shape index (κ1) is 14.8. The quantitative estimate of drug-likeness (QED) is 0.431. The molecule has 0 fully saturated rings. The van der Waals surface area contributed by atoms with Crippen molar-refractivity contribution in [2.75, 3.05) is 0 Å². The van der Waals surface area contributed by atoms with E-state index in [0.29, 0.717) is 0 Å². The van der Waals surface area contributed by atoms with Crippen molar-refractivity contribution in [2.24, 2.45) is 7.05 Å². The van der Waals surface area contributed by atoms with Crippen molar-refractivity contribution in [3.63, 3.8) is 0 Å². The number of halogens is 2. The lowest BCUT2D eigenvalue weighted by Crippen LogP contribution is -3.00. The standard InChI is InChI=1S/C11H11N2.2HI/c1-13-9-5-3-7-11(13)10-6-2-4-8-12-10;;/h2-9H,1H3;2*1H/q+1;;/p-1. The van der Waals surface area contributed by atoms with Crippen LogP contribution in [0.4, 0.5) is 0 Å². The first-order valence-electron chi connectivity index (χ1n) is 4.24. The Kier molecular flexibility index (Phi) is 6.99. The van der Waals surface area contributed by atoms with E-state index in [-0.39, 0.29) is 48.0 Å². The molecule has 4 heteroatoms. The zero-order valence-corrected chi connectivity index (χ0v) is 12.8. The molecule has 0 amide bonds. The number of nitrogens with zero attached hydrogens (tertiary/aromatic N) is 2. The zero-order valence-electron chi connectivity index (χ0n) is 8.30. The SMILES string of the molecule is C[n+]1ccccc1-c1ccccn1.I.[I-]. The van der Waals surface area contributed by atoms with Crippen LogP contribution in [0.5, 0.6) is 0 Å². The van der Waals surface area contributed by atoms with E-state index in [2.05, 4.69) is 15.6 Å². The Labute approximate surface area is 124 Å². The average molecular weight is 426 g/mol. The minimum absolute atomic E-state index is 0. The maximum atomic E-state index is 4.29.